The molecule has 3 N–H and O–H groups in total. The van der Waals surface area contributed by atoms with Gasteiger partial charge in [0.1, 0.15) is 5.65 Å². The molecule has 112 valence electrons. The van der Waals surface area contributed by atoms with Crippen molar-refractivity contribution in [2.24, 2.45) is 5.14 Å². The van der Waals surface area contributed by atoms with E-state index < -0.39 is 10.0 Å². The van der Waals surface area contributed by atoms with Crippen LogP contribution in [0.25, 0.3) is 22.2 Å². The highest BCUT2D eigenvalue weighted by molar-refractivity contribution is 7.89. The SMILES string of the molecule is NS(=O)(=O)c1ccc(-c2ccnc3[nH]c(C4CC4)cc23)cc1. The maximum atomic E-state index is 11.3. The van der Waals surface area contributed by atoms with Crippen molar-refractivity contribution in [3.63, 3.8) is 0 Å². The molecule has 1 fully saturated rings. The van der Waals surface area contributed by atoms with Gasteiger partial charge < -0.3 is 4.98 Å². The number of H-pyrrole nitrogens is 1. The molecular formula is C16H15N3O2S. The van der Waals surface area contributed by atoms with Crippen molar-refractivity contribution in [2.45, 2.75) is 23.7 Å². The molecule has 1 aromatic carbocycles. The van der Waals surface area contributed by atoms with E-state index in [0.717, 1.165) is 22.2 Å². The van der Waals surface area contributed by atoms with Crippen LogP contribution in [-0.2, 0) is 10.0 Å². The van der Waals surface area contributed by atoms with Crippen molar-refractivity contribution >= 4 is 21.1 Å². The normalized spacial score (nSPS) is 15.3. The number of pyridine rings is 1. The fourth-order valence-corrected chi connectivity index (χ4v) is 3.25. The molecule has 1 aliphatic rings. The Bertz CT molecular complexity index is 955. The summed E-state index contributed by atoms with van der Waals surface area (Å²) in [5.74, 6) is 0.631. The molecule has 1 aliphatic carbocycles. The smallest absolute Gasteiger partial charge is 0.238 e. The number of nitrogens with two attached hydrogens (primary N) is 1. The number of nitrogens with one attached hydrogen (secondary N) is 1. The summed E-state index contributed by atoms with van der Waals surface area (Å²) in [6, 6.07) is 10.7. The van der Waals surface area contributed by atoms with Crippen LogP contribution >= 0.6 is 0 Å². The van der Waals surface area contributed by atoms with Crippen LogP contribution in [0.5, 0.6) is 0 Å². The molecule has 4 rings (SSSR count). The first-order valence-electron chi connectivity index (χ1n) is 7.13. The Morgan fingerprint density at radius 3 is 2.50 bits per heavy atom. The highest BCUT2D eigenvalue weighted by Crippen LogP contribution is 2.41. The van der Waals surface area contributed by atoms with E-state index in [9.17, 15) is 8.42 Å². The standard InChI is InChI=1S/C16H15N3O2S/c17-22(20,21)12-5-3-10(4-6-12)13-7-8-18-16-14(13)9-15(19-16)11-1-2-11/h3-9,11H,1-2H2,(H,18,19)(H2,17,20,21). The van der Waals surface area contributed by atoms with E-state index in [1.54, 1.807) is 18.3 Å². The lowest BCUT2D eigenvalue weighted by molar-refractivity contribution is 0.598. The van der Waals surface area contributed by atoms with Gasteiger partial charge in [-0.2, -0.15) is 0 Å². The number of aromatic amines is 1. The van der Waals surface area contributed by atoms with Gasteiger partial charge >= 0.3 is 0 Å². The van der Waals surface area contributed by atoms with E-state index in [0.29, 0.717) is 5.92 Å². The number of sulfonamides is 1. The third-order valence-electron chi connectivity index (χ3n) is 4.06. The van der Waals surface area contributed by atoms with Gasteiger partial charge in [-0.3, -0.25) is 0 Å². The summed E-state index contributed by atoms with van der Waals surface area (Å²) in [6.45, 7) is 0. The molecule has 0 unspecified atom stereocenters. The number of fused-ring (bicyclic) bond motifs is 1. The lowest BCUT2D eigenvalue weighted by Gasteiger charge is -2.04. The van der Waals surface area contributed by atoms with Gasteiger partial charge in [-0.25, -0.2) is 18.5 Å². The minimum atomic E-state index is -3.66. The van der Waals surface area contributed by atoms with Crippen LogP contribution in [-0.4, -0.2) is 18.4 Å². The van der Waals surface area contributed by atoms with Gasteiger partial charge in [0.25, 0.3) is 0 Å². The Morgan fingerprint density at radius 2 is 1.86 bits per heavy atom. The van der Waals surface area contributed by atoms with Crippen LogP contribution in [0, 0.1) is 0 Å². The van der Waals surface area contributed by atoms with Gasteiger partial charge in [0.15, 0.2) is 0 Å². The van der Waals surface area contributed by atoms with Crippen LogP contribution < -0.4 is 5.14 Å². The number of hydrogen-bond donors (Lipinski definition) is 2. The predicted molar refractivity (Wildman–Crippen MR) is 84.9 cm³/mol. The van der Waals surface area contributed by atoms with Gasteiger partial charge in [0.05, 0.1) is 4.90 Å². The largest absolute Gasteiger partial charge is 0.343 e. The molecule has 0 radical (unpaired) electrons. The van der Waals surface area contributed by atoms with Crippen molar-refractivity contribution in [1.29, 1.82) is 0 Å². The molecule has 1 saturated carbocycles. The van der Waals surface area contributed by atoms with Gasteiger partial charge in [-0.1, -0.05) is 12.1 Å². The molecule has 0 amide bonds. The number of nitrogens with zero attached hydrogens (tertiary/aromatic N) is 1. The topological polar surface area (TPSA) is 88.8 Å². The van der Waals surface area contributed by atoms with Crippen LogP contribution in [0.15, 0.2) is 47.5 Å². The third-order valence-corrected chi connectivity index (χ3v) is 4.99. The second kappa shape index (κ2) is 4.66. The molecule has 22 heavy (non-hydrogen) atoms. The first kappa shape index (κ1) is 13.5. The molecule has 0 atom stereocenters. The Kier molecular flexibility index (Phi) is 2.85. The average molecular weight is 313 g/mol. The molecule has 0 spiro atoms. The van der Waals surface area contributed by atoms with Crippen molar-refractivity contribution in [3.05, 3.63) is 48.3 Å². The maximum absolute atomic E-state index is 11.3. The van der Waals surface area contributed by atoms with Crippen LogP contribution in [0.4, 0.5) is 0 Å². The Labute approximate surface area is 128 Å². The lowest BCUT2D eigenvalue weighted by atomic mass is 10.0. The second-order valence-electron chi connectivity index (χ2n) is 5.69. The van der Waals surface area contributed by atoms with Crippen LogP contribution in [0.2, 0.25) is 0 Å². The fraction of sp³-hybridized carbons (Fsp3) is 0.188. The highest BCUT2D eigenvalue weighted by atomic mass is 32.2. The summed E-state index contributed by atoms with van der Waals surface area (Å²) in [5, 5.41) is 6.20. The van der Waals surface area contributed by atoms with Crippen molar-refractivity contribution in [2.75, 3.05) is 0 Å². The first-order chi connectivity index (χ1) is 10.5. The van der Waals surface area contributed by atoms with E-state index in [-0.39, 0.29) is 4.90 Å². The Balaban J connectivity index is 1.83. The minimum Gasteiger partial charge on any atom is -0.343 e. The van der Waals surface area contributed by atoms with E-state index in [4.69, 9.17) is 5.14 Å². The minimum absolute atomic E-state index is 0.120. The molecule has 5 nitrogen and oxygen atoms in total. The predicted octanol–water partition coefficient (Wildman–Crippen LogP) is 2.75. The zero-order valence-electron chi connectivity index (χ0n) is 11.8. The van der Waals surface area contributed by atoms with Gasteiger partial charge in [0, 0.05) is 17.3 Å². The molecule has 0 bridgehead atoms. The summed E-state index contributed by atoms with van der Waals surface area (Å²) in [6.07, 6.45) is 4.22. The molecule has 6 heteroatoms. The quantitative estimate of drug-likeness (QED) is 0.779. The molecular weight excluding hydrogens is 298 g/mol. The number of benzene rings is 1. The summed E-state index contributed by atoms with van der Waals surface area (Å²) in [7, 11) is -3.66. The molecule has 2 heterocycles. The van der Waals surface area contributed by atoms with Crippen molar-refractivity contribution in [1.82, 2.24) is 9.97 Å². The second-order valence-corrected chi connectivity index (χ2v) is 7.25. The van der Waals surface area contributed by atoms with Crippen LogP contribution in [0.3, 0.4) is 0 Å². The monoisotopic (exact) mass is 313 g/mol. The Morgan fingerprint density at radius 1 is 1.14 bits per heavy atom. The van der Waals surface area contributed by atoms with Gasteiger partial charge in [-0.05, 0) is 54.2 Å². The summed E-state index contributed by atoms with van der Waals surface area (Å²) >= 11 is 0. The lowest BCUT2D eigenvalue weighted by Crippen LogP contribution is -2.11. The fourth-order valence-electron chi connectivity index (χ4n) is 2.74. The molecule has 0 saturated heterocycles. The van der Waals surface area contributed by atoms with E-state index in [1.165, 1.54) is 30.7 Å². The van der Waals surface area contributed by atoms with E-state index in [1.807, 2.05) is 6.07 Å². The zero-order valence-corrected chi connectivity index (χ0v) is 12.6. The number of rotatable bonds is 3. The molecule has 0 aliphatic heterocycles. The number of aromatic nitrogens is 2. The third kappa shape index (κ3) is 2.30. The Hall–Kier alpha value is -2.18. The first-order valence-corrected chi connectivity index (χ1v) is 8.68. The summed E-state index contributed by atoms with van der Waals surface area (Å²) < 4.78 is 22.7. The van der Waals surface area contributed by atoms with Crippen molar-refractivity contribution < 1.29 is 8.42 Å². The van der Waals surface area contributed by atoms with E-state index >= 15 is 0 Å². The summed E-state index contributed by atoms with van der Waals surface area (Å²) in [5.41, 5.74) is 4.08. The average Bonchev–Trinajstić information content (AvgIpc) is 3.25. The van der Waals surface area contributed by atoms with Gasteiger partial charge in [-0.15, -0.1) is 0 Å². The number of hydrogen-bond acceptors (Lipinski definition) is 3. The molecule has 2 aromatic heterocycles. The highest BCUT2D eigenvalue weighted by Gasteiger charge is 2.25. The zero-order chi connectivity index (χ0) is 15.3. The van der Waals surface area contributed by atoms with Gasteiger partial charge in [0.2, 0.25) is 10.0 Å². The van der Waals surface area contributed by atoms with Crippen molar-refractivity contribution in [3.8, 4) is 11.1 Å². The number of primary sulfonamides is 1. The molecule has 3 aromatic rings. The van der Waals surface area contributed by atoms with Crippen LogP contribution in [0.1, 0.15) is 24.5 Å². The maximum Gasteiger partial charge on any atom is 0.238 e. The van der Waals surface area contributed by atoms with E-state index in [2.05, 4.69) is 16.0 Å². The summed E-state index contributed by atoms with van der Waals surface area (Å²) in [4.78, 5) is 7.88.